The molecule has 0 aliphatic heterocycles. The predicted octanol–water partition coefficient (Wildman–Crippen LogP) is 4.73. The first kappa shape index (κ1) is 21.7. The van der Waals surface area contributed by atoms with Gasteiger partial charge in [-0.1, -0.05) is 30.3 Å². The van der Waals surface area contributed by atoms with Crippen LogP contribution in [0.3, 0.4) is 0 Å². The van der Waals surface area contributed by atoms with Crippen molar-refractivity contribution >= 4 is 34.1 Å². The molecule has 0 saturated heterocycles. The van der Waals surface area contributed by atoms with Crippen LogP contribution in [0.2, 0.25) is 0 Å². The fourth-order valence-electron chi connectivity index (χ4n) is 3.61. The second-order valence-electron chi connectivity index (χ2n) is 7.46. The number of nitrogens with one attached hydrogen (secondary N) is 3. The van der Waals surface area contributed by atoms with Crippen molar-refractivity contribution in [1.29, 1.82) is 0 Å². The van der Waals surface area contributed by atoms with Crippen molar-refractivity contribution in [2.24, 2.45) is 0 Å². The molecule has 8 heteroatoms. The van der Waals surface area contributed by atoms with Crippen LogP contribution < -0.4 is 10.6 Å². The van der Waals surface area contributed by atoms with Crippen LogP contribution in [0.5, 0.6) is 0 Å². The summed E-state index contributed by atoms with van der Waals surface area (Å²) in [7, 11) is 0. The van der Waals surface area contributed by atoms with E-state index in [1.807, 2.05) is 30.5 Å². The van der Waals surface area contributed by atoms with Crippen molar-refractivity contribution in [1.82, 2.24) is 15.6 Å². The largest absolute Gasteiger partial charge is 0.361 e. The first-order valence-electron chi connectivity index (χ1n) is 10.1. The number of hydrogen-bond donors (Lipinski definition) is 3. The van der Waals surface area contributed by atoms with Gasteiger partial charge in [-0.2, -0.15) is 0 Å². The number of amides is 2. The van der Waals surface area contributed by atoms with Gasteiger partial charge in [0.25, 0.3) is 5.91 Å². The molecule has 0 bridgehead atoms. The normalized spacial score (nSPS) is 13.0. The molecule has 4 aromatic rings. The highest BCUT2D eigenvalue weighted by molar-refractivity contribution is 7.12. The van der Waals surface area contributed by atoms with Crippen LogP contribution in [0.25, 0.3) is 10.9 Å². The molecule has 4 rings (SSSR count). The van der Waals surface area contributed by atoms with E-state index >= 15 is 0 Å². The Balaban J connectivity index is 1.57. The number of H-pyrrole nitrogens is 1. The summed E-state index contributed by atoms with van der Waals surface area (Å²) in [6.07, 6.45) is 2.05. The Morgan fingerprint density at radius 1 is 1.06 bits per heavy atom. The Bertz CT molecular complexity index is 1250. The molecule has 2 aromatic carbocycles. The molecule has 0 aliphatic carbocycles. The Labute approximate surface area is 187 Å². The molecular formula is C24H21F2N3O2S. The number of benzene rings is 2. The highest BCUT2D eigenvalue weighted by Crippen LogP contribution is 2.21. The maximum Gasteiger partial charge on any atom is 0.262 e. The van der Waals surface area contributed by atoms with E-state index in [1.165, 1.54) is 17.4 Å². The van der Waals surface area contributed by atoms with Crippen LogP contribution in [0.4, 0.5) is 8.78 Å². The highest BCUT2D eigenvalue weighted by Gasteiger charge is 2.25. The number of carbonyl (C=O) groups excluding carboxylic acids is 2. The topological polar surface area (TPSA) is 74.0 Å². The zero-order chi connectivity index (χ0) is 22.7. The maximum atomic E-state index is 14.2. The first-order chi connectivity index (χ1) is 15.4. The molecular weight excluding hydrogens is 432 g/mol. The van der Waals surface area contributed by atoms with Crippen molar-refractivity contribution in [3.63, 3.8) is 0 Å². The third kappa shape index (κ3) is 4.70. The summed E-state index contributed by atoms with van der Waals surface area (Å²) >= 11 is 1.27. The van der Waals surface area contributed by atoms with Gasteiger partial charge in [-0.15, -0.1) is 11.3 Å². The Morgan fingerprint density at radius 2 is 1.88 bits per heavy atom. The summed E-state index contributed by atoms with van der Waals surface area (Å²) in [5.74, 6) is -2.25. The van der Waals surface area contributed by atoms with Crippen molar-refractivity contribution in [2.75, 3.05) is 0 Å². The van der Waals surface area contributed by atoms with Gasteiger partial charge in [-0.05, 0) is 36.1 Å². The summed E-state index contributed by atoms with van der Waals surface area (Å²) in [5, 5.41) is 8.27. The van der Waals surface area contributed by atoms with Gasteiger partial charge in [0.1, 0.15) is 17.7 Å². The Kier molecular flexibility index (Phi) is 6.32. The molecule has 0 saturated carbocycles. The molecule has 2 heterocycles. The second-order valence-corrected chi connectivity index (χ2v) is 8.41. The van der Waals surface area contributed by atoms with E-state index in [2.05, 4.69) is 15.6 Å². The van der Waals surface area contributed by atoms with Gasteiger partial charge in [0.2, 0.25) is 5.91 Å². The lowest BCUT2D eigenvalue weighted by atomic mass is 10.0. The zero-order valence-corrected chi connectivity index (χ0v) is 18.0. The number of carbonyl (C=O) groups is 2. The van der Waals surface area contributed by atoms with Gasteiger partial charge in [0, 0.05) is 35.2 Å². The monoisotopic (exact) mass is 453 g/mol. The van der Waals surface area contributed by atoms with E-state index in [-0.39, 0.29) is 17.9 Å². The smallest absolute Gasteiger partial charge is 0.262 e. The van der Waals surface area contributed by atoms with Gasteiger partial charge in [0.15, 0.2) is 0 Å². The molecule has 0 spiro atoms. The van der Waals surface area contributed by atoms with E-state index in [4.69, 9.17) is 0 Å². The van der Waals surface area contributed by atoms with Crippen LogP contribution in [-0.2, 0) is 11.2 Å². The Hall–Kier alpha value is -3.52. The third-order valence-electron chi connectivity index (χ3n) is 5.25. The van der Waals surface area contributed by atoms with Crippen molar-refractivity contribution in [3.8, 4) is 0 Å². The molecule has 1 unspecified atom stereocenters. The van der Waals surface area contributed by atoms with Crippen LogP contribution in [-0.4, -0.2) is 22.8 Å². The zero-order valence-electron chi connectivity index (χ0n) is 17.2. The predicted molar refractivity (Wildman–Crippen MR) is 120 cm³/mol. The number of aromatic nitrogens is 1. The second kappa shape index (κ2) is 9.32. The minimum atomic E-state index is -0.894. The fraction of sp³-hybridized carbons (Fsp3) is 0.167. The summed E-state index contributed by atoms with van der Waals surface area (Å²) in [5.41, 5.74) is 1.95. The first-order valence-corrected chi connectivity index (χ1v) is 10.9. The number of hydrogen-bond acceptors (Lipinski definition) is 3. The van der Waals surface area contributed by atoms with Crippen LogP contribution in [0, 0.1) is 11.6 Å². The van der Waals surface area contributed by atoms with E-state index in [1.54, 1.807) is 24.4 Å². The Morgan fingerprint density at radius 3 is 2.62 bits per heavy atom. The number of halogens is 2. The summed E-state index contributed by atoms with van der Waals surface area (Å²) in [6, 6.07) is 12.7. The molecule has 32 heavy (non-hydrogen) atoms. The van der Waals surface area contributed by atoms with Crippen molar-refractivity contribution in [3.05, 3.63) is 93.8 Å². The van der Waals surface area contributed by atoms with Gasteiger partial charge in [-0.3, -0.25) is 9.59 Å². The molecule has 2 atom stereocenters. The number of rotatable bonds is 7. The van der Waals surface area contributed by atoms with E-state index < -0.39 is 29.6 Å². The number of aromatic amines is 1. The molecule has 164 valence electrons. The van der Waals surface area contributed by atoms with Crippen LogP contribution in [0.1, 0.15) is 33.8 Å². The maximum absolute atomic E-state index is 14.2. The van der Waals surface area contributed by atoms with Crippen LogP contribution >= 0.6 is 11.3 Å². The van der Waals surface area contributed by atoms with E-state index in [9.17, 15) is 18.4 Å². The lowest BCUT2D eigenvalue weighted by Crippen LogP contribution is -2.48. The quantitative estimate of drug-likeness (QED) is 0.379. The van der Waals surface area contributed by atoms with Crippen LogP contribution in [0.15, 0.2) is 66.2 Å². The summed E-state index contributed by atoms with van der Waals surface area (Å²) in [6.45, 7) is 1.61. The highest BCUT2D eigenvalue weighted by atomic mass is 32.1. The molecule has 3 N–H and O–H groups in total. The van der Waals surface area contributed by atoms with Crippen molar-refractivity contribution in [2.45, 2.75) is 25.4 Å². The lowest BCUT2D eigenvalue weighted by Gasteiger charge is -2.22. The van der Waals surface area contributed by atoms with Gasteiger partial charge in [-0.25, -0.2) is 8.78 Å². The van der Waals surface area contributed by atoms with Gasteiger partial charge >= 0.3 is 0 Å². The minimum absolute atomic E-state index is 0.162. The van der Waals surface area contributed by atoms with E-state index in [0.717, 1.165) is 28.6 Å². The number of fused-ring (bicyclic) bond motifs is 1. The summed E-state index contributed by atoms with van der Waals surface area (Å²) < 4.78 is 27.4. The molecule has 0 radical (unpaired) electrons. The van der Waals surface area contributed by atoms with Crippen molar-refractivity contribution < 1.29 is 18.4 Å². The standard InChI is InChI=1S/C24H21F2N3O2S/c1-14(17-9-8-16(25)12-19(17)26)28-23(30)21(29-24(31)22-7-4-10-32-22)11-15-13-27-20-6-3-2-5-18(15)20/h2-10,12-14,21,27H,11H2,1H3,(H,28,30)(H,29,31)/t14?,21-/m0/s1. The van der Waals surface area contributed by atoms with Gasteiger partial charge in [0.05, 0.1) is 10.9 Å². The molecule has 2 aromatic heterocycles. The molecule has 0 aliphatic rings. The SMILES string of the molecule is CC(NC(=O)[C@H](Cc1c[nH]c2ccccc12)NC(=O)c1cccs1)c1ccc(F)cc1F. The lowest BCUT2D eigenvalue weighted by molar-refractivity contribution is -0.123. The fourth-order valence-corrected chi connectivity index (χ4v) is 4.24. The molecule has 2 amide bonds. The molecule has 0 fully saturated rings. The summed E-state index contributed by atoms with van der Waals surface area (Å²) in [4.78, 5) is 29.5. The number of thiophene rings is 1. The van der Waals surface area contributed by atoms with Gasteiger partial charge < -0.3 is 15.6 Å². The average Bonchev–Trinajstić information content (AvgIpc) is 3.43. The average molecular weight is 454 g/mol. The third-order valence-corrected chi connectivity index (χ3v) is 6.12. The molecule has 5 nitrogen and oxygen atoms in total. The van der Waals surface area contributed by atoms with E-state index in [0.29, 0.717) is 4.88 Å². The number of para-hydroxylation sites is 1. The minimum Gasteiger partial charge on any atom is -0.361 e.